The van der Waals surface area contributed by atoms with Gasteiger partial charge in [-0.3, -0.25) is 14.5 Å². The fourth-order valence-corrected chi connectivity index (χ4v) is 3.03. The summed E-state index contributed by atoms with van der Waals surface area (Å²) in [5, 5.41) is 0. The Balaban J connectivity index is 1.76. The van der Waals surface area contributed by atoms with Crippen LogP contribution in [0.2, 0.25) is 0 Å². The number of hydrogen-bond acceptors (Lipinski definition) is 3. The molecule has 94 valence electrons. The molecule has 2 aliphatic rings. The molecule has 0 N–H and O–H groups in total. The fraction of sp³-hybridized carbons (Fsp3) is 0.467. The number of hydrogen-bond donors (Lipinski definition) is 0. The zero-order valence-corrected chi connectivity index (χ0v) is 10.4. The summed E-state index contributed by atoms with van der Waals surface area (Å²) in [6.07, 6.45) is 2.42. The summed E-state index contributed by atoms with van der Waals surface area (Å²) in [6, 6.07) is 8.39. The third-order valence-electron chi connectivity index (χ3n) is 4.04. The molecule has 1 aromatic carbocycles. The topological polar surface area (TPSA) is 37.4 Å². The van der Waals surface area contributed by atoms with Crippen LogP contribution in [0.15, 0.2) is 24.3 Å². The average molecular weight is 243 g/mol. The first kappa shape index (κ1) is 11.6. The molecule has 0 amide bonds. The molecule has 0 radical (unpaired) electrons. The van der Waals surface area contributed by atoms with Crippen molar-refractivity contribution in [3.05, 3.63) is 35.4 Å². The highest BCUT2D eigenvalue weighted by molar-refractivity contribution is 6.03. The molecule has 1 aromatic rings. The minimum absolute atomic E-state index is 0.0314. The van der Waals surface area contributed by atoms with Crippen LogP contribution in [-0.4, -0.2) is 29.1 Å². The highest BCUT2D eigenvalue weighted by Crippen LogP contribution is 2.25. The molecule has 1 aliphatic heterocycles. The van der Waals surface area contributed by atoms with Crippen LogP contribution >= 0.6 is 0 Å². The van der Waals surface area contributed by atoms with E-state index < -0.39 is 0 Å². The van der Waals surface area contributed by atoms with Gasteiger partial charge in [0.15, 0.2) is 5.78 Å². The maximum Gasteiger partial charge on any atom is 0.157 e. The highest BCUT2D eigenvalue weighted by atomic mass is 16.2. The number of ketones is 2. The SMILES string of the molecule is O=C1CCC(N2CCc3ccccc3C2)C(=O)C1. The molecule has 1 fully saturated rings. The maximum absolute atomic E-state index is 12.0. The van der Waals surface area contributed by atoms with Crippen molar-refractivity contribution < 1.29 is 9.59 Å². The van der Waals surface area contributed by atoms with Crippen molar-refractivity contribution >= 4 is 11.6 Å². The summed E-state index contributed by atoms with van der Waals surface area (Å²) >= 11 is 0. The lowest BCUT2D eigenvalue weighted by molar-refractivity contribution is -0.134. The van der Waals surface area contributed by atoms with E-state index in [0.717, 1.165) is 19.5 Å². The molecule has 1 heterocycles. The standard InChI is InChI=1S/C15H17NO2/c17-13-5-6-14(15(18)9-13)16-8-7-11-3-1-2-4-12(11)10-16/h1-4,14H,5-10H2. The van der Waals surface area contributed by atoms with Crippen molar-refractivity contribution in [2.75, 3.05) is 6.54 Å². The number of carbonyl (C=O) groups excluding carboxylic acids is 2. The molecule has 18 heavy (non-hydrogen) atoms. The molecule has 0 spiro atoms. The van der Waals surface area contributed by atoms with Crippen molar-refractivity contribution in [3.63, 3.8) is 0 Å². The minimum atomic E-state index is -0.0314. The fourth-order valence-electron chi connectivity index (χ4n) is 3.03. The predicted molar refractivity (Wildman–Crippen MR) is 68.2 cm³/mol. The van der Waals surface area contributed by atoms with Crippen LogP contribution in [0.3, 0.4) is 0 Å². The van der Waals surface area contributed by atoms with E-state index in [9.17, 15) is 9.59 Å². The highest BCUT2D eigenvalue weighted by Gasteiger charge is 2.33. The molecule has 3 heteroatoms. The zero-order chi connectivity index (χ0) is 12.5. The van der Waals surface area contributed by atoms with Gasteiger partial charge in [-0.1, -0.05) is 24.3 Å². The predicted octanol–water partition coefficient (Wildman–Crippen LogP) is 1.74. The number of carbonyl (C=O) groups is 2. The molecule has 1 saturated carbocycles. The van der Waals surface area contributed by atoms with Crippen LogP contribution in [0.1, 0.15) is 30.4 Å². The van der Waals surface area contributed by atoms with Crippen molar-refractivity contribution in [2.24, 2.45) is 0 Å². The summed E-state index contributed by atoms with van der Waals surface area (Å²) < 4.78 is 0. The Morgan fingerprint density at radius 2 is 1.83 bits per heavy atom. The normalized spacial score (nSPS) is 25.0. The summed E-state index contributed by atoms with van der Waals surface area (Å²) in [5.74, 6) is 0.222. The second kappa shape index (κ2) is 4.65. The molecule has 3 nitrogen and oxygen atoms in total. The van der Waals surface area contributed by atoms with Gasteiger partial charge in [-0.25, -0.2) is 0 Å². The monoisotopic (exact) mass is 243 g/mol. The summed E-state index contributed by atoms with van der Waals surface area (Å²) in [7, 11) is 0. The number of fused-ring (bicyclic) bond motifs is 1. The maximum atomic E-state index is 12.0. The number of rotatable bonds is 1. The lowest BCUT2D eigenvalue weighted by Gasteiger charge is -2.36. The largest absolute Gasteiger partial charge is 0.299 e. The second-order valence-corrected chi connectivity index (χ2v) is 5.23. The summed E-state index contributed by atoms with van der Waals surface area (Å²) in [5.41, 5.74) is 2.72. The lowest BCUT2D eigenvalue weighted by atomic mass is 9.89. The van der Waals surface area contributed by atoms with Crippen molar-refractivity contribution in [2.45, 2.75) is 38.3 Å². The van der Waals surface area contributed by atoms with E-state index in [2.05, 4.69) is 29.2 Å². The molecule has 3 rings (SSSR count). The van der Waals surface area contributed by atoms with Gasteiger partial charge in [-0.05, 0) is 24.0 Å². The van der Waals surface area contributed by atoms with Gasteiger partial charge < -0.3 is 0 Å². The van der Waals surface area contributed by atoms with Gasteiger partial charge in [-0.2, -0.15) is 0 Å². The van der Waals surface area contributed by atoms with E-state index in [1.807, 2.05) is 0 Å². The minimum Gasteiger partial charge on any atom is -0.299 e. The first-order valence-electron chi connectivity index (χ1n) is 6.59. The smallest absolute Gasteiger partial charge is 0.157 e. The molecular formula is C15H17NO2. The molecule has 1 unspecified atom stereocenters. The third-order valence-corrected chi connectivity index (χ3v) is 4.04. The Kier molecular flexibility index (Phi) is 3.00. The molecule has 0 bridgehead atoms. The number of benzene rings is 1. The summed E-state index contributed by atoms with van der Waals surface area (Å²) in [4.78, 5) is 25.5. The number of Topliss-reactive ketones (excluding diaryl/α,β-unsaturated/α-hetero) is 2. The van der Waals surface area contributed by atoms with E-state index in [4.69, 9.17) is 0 Å². The van der Waals surface area contributed by atoms with Crippen molar-refractivity contribution in [1.29, 1.82) is 0 Å². The van der Waals surface area contributed by atoms with Crippen LogP contribution < -0.4 is 0 Å². The van der Waals surface area contributed by atoms with E-state index in [-0.39, 0.29) is 24.0 Å². The van der Waals surface area contributed by atoms with Gasteiger partial charge in [0.2, 0.25) is 0 Å². The van der Waals surface area contributed by atoms with Gasteiger partial charge in [-0.15, -0.1) is 0 Å². The van der Waals surface area contributed by atoms with E-state index in [1.165, 1.54) is 11.1 Å². The van der Waals surface area contributed by atoms with Gasteiger partial charge in [0.05, 0.1) is 12.5 Å². The Bertz CT molecular complexity index is 495. The molecular weight excluding hydrogens is 226 g/mol. The van der Waals surface area contributed by atoms with E-state index >= 15 is 0 Å². The Morgan fingerprint density at radius 1 is 1.06 bits per heavy atom. The van der Waals surface area contributed by atoms with Gasteiger partial charge in [0.1, 0.15) is 5.78 Å². The first-order chi connectivity index (χ1) is 8.74. The average Bonchev–Trinajstić information content (AvgIpc) is 2.38. The van der Waals surface area contributed by atoms with Gasteiger partial charge >= 0.3 is 0 Å². The van der Waals surface area contributed by atoms with Crippen molar-refractivity contribution in [3.8, 4) is 0 Å². The Hall–Kier alpha value is -1.48. The van der Waals surface area contributed by atoms with Crippen LogP contribution in [-0.2, 0) is 22.6 Å². The van der Waals surface area contributed by atoms with Crippen molar-refractivity contribution in [1.82, 2.24) is 4.90 Å². The molecule has 0 saturated heterocycles. The first-order valence-corrected chi connectivity index (χ1v) is 6.59. The summed E-state index contributed by atoms with van der Waals surface area (Å²) in [6.45, 7) is 1.78. The molecule has 0 aromatic heterocycles. The lowest BCUT2D eigenvalue weighted by Crippen LogP contribution is -2.46. The zero-order valence-electron chi connectivity index (χ0n) is 10.4. The van der Waals surface area contributed by atoms with Crippen LogP contribution in [0.5, 0.6) is 0 Å². The second-order valence-electron chi connectivity index (χ2n) is 5.23. The van der Waals surface area contributed by atoms with Crippen LogP contribution in [0, 0.1) is 0 Å². The molecule has 1 atom stereocenters. The quantitative estimate of drug-likeness (QED) is 0.705. The van der Waals surface area contributed by atoms with Gasteiger partial charge in [0, 0.05) is 19.5 Å². The van der Waals surface area contributed by atoms with Crippen LogP contribution in [0.4, 0.5) is 0 Å². The van der Waals surface area contributed by atoms with E-state index in [1.54, 1.807) is 0 Å². The van der Waals surface area contributed by atoms with E-state index in [0.29, 0.717) is 12.8 Å². The number of nitrogens with zero attached hydrogens (tertiary/aromatic N) is 1. The Morgan fingerprint density at radius 3 is 2.61 bits per heavy atom. The third kappa shape index (κ3) is 2.10. The van der Waals surface area contributed by atoms with Gasteiger partial charge in [0.25, 0.3) is 0 Å². The Labute approximate surface area is 107 Å². The molecule has 1 aliphatic carbocycles. The van der Waals surface area contributed by atoms with Crippen LogP contribution in [0.25, 0.3) is 0 Å².